The summed E-state index contributed by atoms with van der Waals surface area (Å²) in [4.78, 5) is 7.03. The normalized spacial score (nSPS) is 11.7. The molecule has 0 fully saturated rings. The Morgan fingerprint density at radius 2 is 1.79 bits per heavy atom. The fourth-order valence-electron chi connectivity index (χ4n) is 0.719. The largest absolute Gasteiger partial charge is 0.225 e. The third-order valence-electron chi connectivity index (χ3n) is 1.43. The Morgan fingerprint density at radius 3 is 2.29 bits per heavy atom. The van der Waals surface area contributed by atoms with E-state index in [0.717, 1.165) is 0 Å². The van der Waals surface area contributed by atoms with Crippen LogP contribution in [-0.4, -0.2) is 24.1 Å². The van der Waals surface area contributed by atoms with E-state index in [1.165, 1.54) is 6.92 Å². The molecule has 78 valence electrons. The second kappa shape index (κ2) is 4.18. The summed E-state index contributed by atoms with van der Waals surface area (Å²) >= 11 is 16.6. The Morgan fingerprint density at radius 1 is 1.21 bits per heavy atom. The van der Waals surface area contributed by atoms with E-state index in [1.54, 1.807) is 0 Å². The molecule has 0 saturated heterocycles. The first-order valence-electron chi connectivity index (χ1n) is 3.49. The molecule has 0 N–H and O–H groups in total. The highest BCUT2D eigenvalue weighted by molar-refractivity contribution is 7.91. The van der Waals surface area contributed by atoms with Crippen LogP contribution in [0, 0.1) is 0 Å². The maximum absolute atomic E-state index is 11.4. The Labute approximate surface area is 96.1 Å². The molecule has 0 bridgehead atoms. The molecular weight excluding hydrogens is 271 g/mol. The molecule has 0 aliphatic heterocycles. The van der Waals surface area contributed by atoms with Gasteiger partial charge in [-0.2, -0.15) is 0 Å². The smallest absolute Gasteiger partial charge is 0.222 e. The SMILES string of the molecule is CCS(=O)(=O)c1nc(Cl)nc(Cl)c1Cl. The van der Waals surface area contributed by atoms with Crippen LogP contribution in [0.4, 0.5) is 0 Å². The minimum Gasteiger partial charge on any atom is -0.222 e. The lowest BCUT2D eigenvalue weighted by Gasteiger charge is -2.03. The fourth-order valence-corrected chi connectivity index (χ4v) is 2.51. The van der Waals surface area contributed by atoms with Crippen LogP contribution in [0.15, 0.2) is 5.03 Å². The summed E-state index contributed by atoms with van der Waals surface area (Å²) < 4.78 is 22.9. The van der Waals surface area contributed by atoms with Gasteiger partial charge in [-0.3, -0.25) is 0 Å². The van der Waals surface area contributed by atoms with Gasteiger partial charge in [-0.25, -0.2) is 18.4 Å². The number of sulfone groups is 1. The van der Waals surface area contributed by atoms with E-state index in [4.69, 9.17) is 34.8 Å². The zero-order valence-corrected chi connectivity index (χ0v) is 10.0. The monoisotopic (exact) mass is 274 g/mol. The van der Waals surface area contributed by atoms with Gasteiger partial charge in [-0.15, -0.1) is 0 Å². The number of halogens is 3. The van der Waals surface area contributed by atoms with E-state index in [-0.39, 0.29) is 26.2 Å². The Hall–Kier alpha value is -0.100. The molecule has 1 heterocycles. The molecule has 8 heteroatoms. The minimum atomic E-state index is -3.53. The fraction of sp³-hybridized carbons (Fsp3) is 0.333. The molecule has 0 atom stereocenters. The van der Waals surface area contributed by atoms with Crippen LogP contribution < -0.4 is 0 Å². The first-order chi connectivity index (χ1) is 6.38. The number of aromatic nitrogens is 2. The molecule has 1 aromatic heterocycles. The van der Waals surface area contributed by atoms with Crippen molar-refractivity contribution in [1.82, 2.24) is 9.97 Å². The van der Waals surface area contributed by atoms with Gasteiger partial charge in [0.2, 0.25) is 5.28 Å². The molecule has 0 unspecified atom stereocenters. The van der Waals surface area contributed by atoms with Crippen molar-refractivity contribution in [2.45, 2.75) is 11.9 Å². The van der Waals surface area contributed by atoms with Gasteiger partial charge in [0, 0.05) is 0 Å². The summed E-state index contributed by atoms with van der Waals surface area (Å²) in [6, 6.07) is 0. The quantitative estimate of drug-likeness (QED) is 0.613. The van der Waals surface area contributed by atoms with Crippen molar-refractivity contribution in [3.63, 3.8) is 0 Å². The van der Waals surface area contributed by atoms with Gasteiger partial charge in [0.15, 0.2) is 20.0 Å². The Bertz CT molecular complexity index is 460. The lowest BCUT2D eigenvalue weighted by molar-refractivity contribution is 0.593. The van der Waals surface area contributed by atoms with Gasteiger partial charge in [0.1, 0.15) is 5.02 Å². The molecule has 0 aliphatic rings. The molecule has 4 nitrogen and oxygen atoms in total. The summed E-state index contributed by atoms with van der Waals surface area (Å²) in [7, 11) is -3.53. The Balaban J connectivity index is 3.50. The van der Waals surface area contributed by atoms with Crippen LogP contribution in [0.1, 0.15) is 6.92 Å². The highest BCUT2D eigenvalue weighted by Gasteiger charge is 2.21. The minimum absolute atomic E-state index is 0.129. The van der Waals surface area contributed by atoms with Crippen LogP contribution in [0.5, 0.6) is 0 Å². The van der Waals surface area contributed by atoms with Crippen molar-refractivity contribution in [3.05, 3.63) is 15.5 Å². The van der Waals surface area contributed by atoms with Gasteiger partial charge in [-0.1, -0.05) is 30.1 Å². The van der Waals surface area contributed by atoms with Crippen LogP contribution in [-0.2, 0) is 9.84 Å². The highest BCUT2D eigenvalue weighted by atomic mass is 35.5. The molecule has 0 aromatic carbocycles. The van der Waals surface area contributed by atoms with E-state index in [9.17, 15) is 8.42 Å². The van der Waals surface area contributed by atoms with Gasteiger partial charge in [0.25, 0.3) is 0 Å². The van der Waals surface area contributed by atoms with Crippen LogP contribution >= 0.6 is 34.8 Å². The molecule has 1 aromatic rings. The summed E-state index contributed by atoms with van der Waals surface area (Å²) in [6.45, 7) is 1.47. The number of nitrogens with zero attached hydrogens (tertiary/aromatic N) is 2. The summed E-state index contributed by atoms with van der Waals surface area (Å²) in [6.07, 6.45) is 0. The summed E-state index contributed by atoms with van der Waals surface area (Å²) in [5.74, 6) is -0.129. The molecule has 1 rings (SSSR count). The van der Waals surface area contributed by atoms with E-state index >= 15 is 0 Å². The Kier molecular flexibility index (Phi) is 3.58. The zero-order chi connectivity index (χ0) is 10.9. The third-order valence-corrected chi connectivity index (χ3v) is 4.08. The van der Waals surface area contributed by atoms with Gasteiger partial charge in [0.05, 0.1) is 5.75 Å². The standard InChI is InChI=1S/C6H5Cl3N2O2S/c1-2-14(12,13)5-3(7)4(8)10-6(9)11-5/h2H2,1H3. The topological polar surface area (TPSA) is 59.9 Å². The predicted molar refractivity (Wildman–Crippen MR) is 54.8 cm³/mol. The third kappa shape index (κ3) is 2.28. The molecule has 0 radical (unpaired) electrons. The van der Waals surface area contributed by atoms with Crippen molar-refractivity contribution >= 4 is 44.6 Å². The predicted octanol–water partition coefficient (Wildman–Crippen LogP) is 2.23. The average Bonchev–Trinajstić information content (AvgIpc) is 2.11. The maximum Gasteiger partial charge on any atom is 0.225 e. The van der Waals surface area contributed by atoms with E-state index in [2.05, 4.69) is 9.97 Å². The first-order valence-corrected chi connectivity index (χ1v) is 6.28. The summed E-state index contributed by atoms with van der Waals surface area (Å²) in [5, 5.41) is -0.935. The van der Waals surface area contributed by atoms with E-state index < -0.39 is 9.84 Å². The van der Waals surface area contributed by atoms with E-state index in [0.29, 0.717) is 0 Å². The zero-order valence-electron chi connectivity index (χ0n) is 6.96. The maximum atomic E-state index is 11.4. The average molecular weight is 276 g/mol. The van der Waals surface area contributed by atoms with Gasteiger partial charge >= 0.3 is 0 Å². The lowest BCUT2D eigenvalue weighted by atomic mass is 10.7. The molecule has 0 amide bonds. The van der Waals surface area contributed by atoms with Gasteiger partial charge < -0.3 is 0 Å². The van der Waals surface area contributed by atoms with Crippen molar-refractivity contribution in [2.24, 2.45) is 0 Å². The van der Waals surface area contributed by atoms with Crippen molar-refractivity contribution in [2.75, 3.05) is 5.75 Å². The number of hydrogen-bond donors (Lipinski definition) is 0. The van der Waals surface area contributed by atoms with Crippen LogP contribution in [0.3, 0.4) is 0 Å². The second-order valence-corrected chi connectivity index (χ2v) is 5.57. The highest BCUT2D eigenvalue weighted by Crippen LogP contribution is 2.27. The van der Waals surface area contributed by atoms with Crippen molar-refractivity contribution in [1.29, 1.82) is 0 Å². The first kappa shape index (κ1) is 12.0. The summed E-state index contributed by atoms with van der Waals surface area (Å²) in [5.41, 5.74) is 0. The van der Waals surface area contributed by atoms with Gasteiger partial charge in [-0.05, 0) is 11.6 Å². The molecular formula is C6H5Cl3N2O2S. The molecule has 0 aliphatic carbocycles. The van der Waals surface area contributed by atoms with Crippen LogP contribution in [0.2, 0.25) is 15.5 Å². The molecule has 0 spiro atoms. The van der Waals surface area contributed by atoms with E-state index in [1.807, 2.05) is 0 Å². The van der Waals surface area contributed by atoms with Crippen molar-refractivity contribution < 1.29 is 8.42 Å². The number of hydrogen-bond acceptors (Lipinski definition) is 4. The van der Waals surface area contributed by atoms with Crippen LogP contribution in [0.25, 0.3) is 0 Å². The van der Waals surface area contributed by atoms with Crippen molar-refractivity contribution in [3.8, 4) is 0 Å². The second-order valence-electron chi connectivity index (χ2n) is 2.31. The molecule has 14 heavy (non-hydrogen) atoms. The number of rotatable bonds is 2. The molecule has 0 saturated carbocycles. The lowest BCUT2D eigenvalue weighted by Crippen LogP contribution is -2.08.